The molecule has 0 aromatic heterocycles. The third kappa shape index (κ3) is 5.45. The van der Waals surface area contributed by atoms with Crippen molar-refractivity contribution in [3.05, 3.63) is 59.7 Å². The van der Waals surface area contributed by atoms with Crippen LogP contribution < -0.4 is 15.4 Å². The number of hydrogen-bond donors (Lipinski definition) is 2. The lowest BCUT2D eigenvalue weighted by molar-refractivity contribution is -0.136. The van der Waals surface area contributed by atoms with E-state index in [1.54, 1.807) is 18.2 Å². The molecule has 2 aromatic carbocycles. The van der Waals surface area contributed by atoms with Crippen LogP contribution in [0.1, 0.15) is 29.8 Å². The fraction of sp³-hybridized carbons (Fsp3) is 0.222. The third-order valence-corrected chi connectivity index (χ3v) is 3.38. The van der Waals surface area contributed by atoms with Gasteiger partial charge in [0.1, 0.15) is 5.75 Å². The summed E-state index contributed by atoms with van der Waals surface area (Å²) in [6.45, 7) is 3.70. The lowest BCUT2D eigenvalue weighted by Crippen LogP contribution is -2.34. The molecule has 0 fully saturated rings. The molecule has 1 amide bonds. The summed E-state index contributed by atoms with van der Waals surface area (Å²) in [5.41, 5.74) is -0.831. The van der Waals surface area contributed by atoms with Crippen LogP contribution in [0, 0.1) is 0 Å². The van der Waals surface area contributed by atoms with Crippen molar-refractivity contribution in [2.24, 2.45) is 0 Å². The lowest BCUT2D eigenvalue weighted by atomic mass is 10.1. The van der Waals surface area contributed by atoms with E-state index < -0.39 is 17.6 Å². The quantitative estimate of drug-likeness (QED) is 0.758. The molecule has 8 heteroatoms. The van der Waals surface area contributed by atoms with Crippen molar-refractivity contribution >= 4 is 28.9 Å². The van der Waals surface area contributed by atoms with Crippen LogP contribution >= 0.6 is 12.2 Å². The standard InChI is InChI=1S/C18H17F3N2O2S/c1-11(2)25-13-7-5-6-12(10-13)16(24)23-17(26)22-15-9-4-3-8-14(15)18(19,20)21/h3-11H,1-2H3,(H2,22,23,24,26). The number of para-hydroxylation sites is 1. The highest BCUT2D eigenvalue weighted by Crippen LogP contribution is 2.34. The summed E-state index contributed by atoms with van der Waals surface area (Å²) in [5, 5.41) is 4.54. The molecule has 2 N–H and O–H groups in total. The van der Waals surface area contributed by atoms with Crippen LogP contribution in [-0.2, 0) is 6.18 Å². The molecule has 0 aliphatic rings. The number of nitrogens with one attached hydrogen (secondary N) is 2. The fourth-order valence-corrected chi connectivity index (χ4v) is 2.35. The van der Waals surface area contributed by atoms with E-state index in [0.29, 0.717) is 5.75 Å². The number of amides is 1. The topological polar surface area (TPSA) is 50.4 Å². The molecule has 0 aliphatic heterocycles. The molecule has 4 nitrogen and oxygen atoms in total. The second-order valence-electron chi connectivity index (χ2n) is 5.65. The second-order valence-corrected chi connectivity index (χ2v) is 6.05. The van der Waals surface area contributed by atoms with E-state index in [-0.39, 0.29) is 22.5 Å². The van der Waals surface area contributed by atoms with E-state index in [1.165, 1.54) is 24.3 Å². The average molecular weight is 382 g/mol. The van der Waals surface area contributed by atoms with E-state index in [0.717, 1.165) is 6.07 Å². The molecule has 2 rings (SSSR count). The van der Waals surface area contributed by atoms with Gasteiger partial charge in [-0.25, -0.2) is 0 Å². The molecule has 0 spiro atoms. The maximum Gasteiger partial charge on any atom is 0.418 e. The van der Waals surface area contributed by atoms with Gasteiger partial charge in [0.15, 0.2) is 5.11 Å². The Hall–Kier alpha value is -2.61. The third-order valence-electron chi connectivity index (χ3n) is 3.18. The number of benzene rings is 2. The maximum absolute atomic E-state index is 13.0. The first kappa shape index (κ1) is 19.7. The zero-order valence-electron chi connectivity index (χ0n) is 14.1. The number of anilines is 1. The molecular weight excluding hydrogens is 365 g/mol. The Labute approximate surface area is 154 Å². The van der Waals surface area contributed by atoms with E-state index in [2.05, 4.69) is 10.6 Å². The molecule has 0 unspecified atom stereocenters. The predicted octanol–water partition coefficient (Wildman–Crippen LogP) is 4.62. The Morgan fingerprint density at radius 2 is 1.81 bits per heavy atom. The highest BCUT2D eigenvalue weighted by atomic mass is 32.1. The van der Waals surface area contributed by atoms with Gasteiger partial charge in [0.05, 0.1) is 17.4 Å². The first-order chi connectivity index (χ1) is 12.2. The molecule has 0 aliphatic carbocycles. The molecule has 0 bridgehead atoms. The summed E-state index contributed by atoms with van der Waals surface area (Å²) < 4.78 is 44.5. The summed E-state index contributed by atoms with van der Waals surface area (Å²) in [5.74, 6) is -0.0462. The van der Waals surface area contributed by atoms with Crippen molar-refractivity contribution in [3.63, 3.8) is 0 Å². The molecular formula is C18H17F3N2O2S. The molecule has 0 atom stereocenters. The number of thiocarbonyl (C=S) groups is 1. The van der Waals surface area contributed by atoms with Gasteiger partial charge in [-0.1, -0.05) is 18.2 Å². The van der Waals surface area contributed by atoms with E-state index in [4.69, 9.17) is 17.0 Å². The number of halogens is 3. The van der Waals surface area contributed by atoms with Gasteiger partial charge in [-0.3, -0.25) is 10.1 Å². The van der Waals surface area contributed by atoms with Gasteiger partial charge in [-0.05, 0) is 56.4 Å². The summed E-state index contributed by atoms with van der Waals surface area (Å²) >= 11 is 4.96. The predicted molar refractivity (Wildman–Crippen MR) is 97.3 cm³/mol. The SMILES string of the molecule is CC(C)Oc1cccc(C(=O)NC(=S)Nc2ccccc2C(F)(F)F)c1. The molecule has 0 saturated heterocycles. The first-order valence-corrected chi connectivity index (χ1v) is 8.13. The summed E-state index contributed by atoms with van der Waals surface area (Å²) in [6, 6.07) is 11.3. The minimum Gasteiger partial charge on any atom is -0.491 e. The monoisotopic (exact) mass is 382 g/mol. The molecule has 0 heterocycles. The number of carbonyl (C=O) groups is 1. The maximum atomic E-state index is 13.0. The molecule has 0 saturated carbocycles. The molecule has 138 valence electrons. The smallest absolute Gasteiger partial charge is 0.418 e. The van der Waals surface area contributed by atoms with Crippen molar-refractivity contribution in [2.45, 2.75) is 26.1 Å². The van der Waals surface area contributed by atoms with Crippen molar-refractivity contribution < 1.29 is 22.7 Å². The van der Waals surface area contributed by atoms with Gasteiger partial charge in [-0.15, -0.1) is 0 Å². The molecule has 2 aromatic rings. The number of hydrogen-bond acceptors (Lipinski definition) is 3. The zero-order valence-corrected chi connectivity index (χ0v) is 14.9. The van der Waals surface area contributed by atoms with Gasteiger partial charge in [0.25, 0.3) is 5.91 Å². The van der Waals surface area contributed by atoms with E-state index >= 15 is 0 Å². The largest absolute Gasteiger partial charge is 0.491 e. The fourth-order valence-electron chi connectivity index (χ4n) is 2.15. The molecule has 26 heavy (non-hydrogen) atoms. The number of rotatable bonds is 4. The zero-order chi connectivity index (χ0) is 19.3. The number of carbonyl (C=O) groups excluding carboxylic acids is 1. The Kier molecular flexibility index (Phi) is 6.20. The summed E-state index contributed by atoms with van der Waals surface area (Å²) in [6.07, 6.45) is -4.60. The van der Waals surface area contributed by atoms with Crippen LogP contribution in [-0.4, -0.2) is 17.1 Å². The van der Waals surface area contributed by atoms with Gasteiger partial charge in [0.2, 0.25) is 0 Å². The first-order valence-electron chi connectivity index (χ1n) is 7.72. The van der Waals surface area contributed by atoms with Crippen LogP contribution in [0.3, 0.4) is 0 Å². The second kappa shape index (κ2) is 8.18. The van der Waals surface area contributed by atoms with Crippen molar-refractivity contribution in [2.75, 3.05) is 5.32 Å². The Morgan fingerprint density at radius 3 is 2.46 bits per heavy atom. The van der Waals surface area contributed by atoms with Gasteiger partial charge < -0.3 is 10.1 Å². The highest BCUT2D eigenvalue weighted by Gasteiger charge is 2.33. The van der Waals surface area contributed by atoms with Crippen LogP contribution in [0.5, 0.6) is 5.75 Å². The molecule has 0 radical (unpaired) electrons. The van der Waals surface area contributed by atoms with Gasteiger partial charge in [0, 0.05) is 5.56 Å². The number of ether oxygens (including phenoxy) is 1. The number of alkyl halides is 3. The highest BCUT2D eigenvalue weighted by molar-refractivity contribution is 7.80. The van der Waals surface area contributed by atoms with Crippen LogP contribution in [0.2, 0.25) is 0 Å². The average Bonchev–Trinajstić information content (AvgIpc) is 2.53. The minimum absolute atomic E-state index is 0.0603. The summed E-state index contributed by atoms with van der Waals surface area (Å²) in [7, 11) is 0. The lowest BCUT2D eigenvalue weighted by Gasteiger charge is -2.15. The normalized spacial score (nSPS) is 11.2. The Balaban J connectivity index is 2.08. The van der Waals surface area contributed by atoms with Crippen molar-refractivity contribution in [1.82, 2.24) is 5.32 Å². The van der Waals surface area contributed by atoms with Gasteiger partial charge in [-0.2, -0.15) is 13.2 Å². The van der Waals surface area contributed by atoms with Crippen LogP contribution in [0.25, 0.3) is 0 Å². The van der Waals surface area contributed by atoms with Crippen LogP contribution in [0.15, 0.2) is 48.5 Å². The summed E-state index contributed by atoms with van der Waals surface area (Å²) in [4.78, 5) is 12.2. The Bertz CT molecular complexity index is 807. The van der Waals surface area contributed by atoms with Crippen molar-refractivity contribution in [1.29, 1.82) is 0 Å². The van der Waals surface area contributed by atoms with Crippen molar-refractivity contribution in [3.8, 4) is 5.75 Å². The van der Waals surface area contributed by atoms with Crippen LogP contribution in [0.4, 0.5) is 18.9 Å². The van der Waals surface area contributed by atoms with E-state index in [1.807, 2.05) is 13.8 Å². The minimum atomic E-state index is -4.54. The van der Waals surface area contributed by atoms with Gasteiger partial charge >= 0.3 is 6.18 Å². The Morgan fingerprint density at radius 1 is 1.12 bits per heavy atom. The van der Waals surface area contributed by atoms with E-state index in [9.17, 15) is 18.0 Å².